The van der Waals surface area contributed by atoms with Gasteiger partial charge in [-0.15, -0.1) is 6.58 Å². The van der Waals surface area contributed by atoms with Crippen molar-refractivity contribution in [2.24, 2.45) is 0 Å². The predicted octanol–water partition coefficient (Wildman–Crippen LogP) is 4.49. The highest BCUT2D eigenvalue weighted by Crippen LogP contribution is 2.38. The molecule has 0 aromatic heterocycles. The number of piperidine rings is 1. The Hall–Kier alpha value is -0.630. The lowest BCUT2D eigenvalue weighted by Crippen LogP contribution is -2.54. The molecule has 0 bridgehead atoms. The molecule has 1 aliphatic carbocycles. The Morgan fingerprint density at radius 2 is 1.70 bits per heavy atom. The van der Waals surface area contributed by atoms with E-state index in [1.807, 2.05) is 6.08 Å². The van der Waals surface area contributed by atoms with Crippen molar-refractivity contribution in [3.8, 4) is 0 Å². The van der Waals surface area contributed by atoms with Crippen molar-refractivity contribution >= 4 is 5.78 Å². The van der Waals surface area contributed by atoms with Crippen molar-refractivity contribution in [1.82, 2.24) is 4.90 Å². The first-order valence-corrected chi connectivity index (χ1v) is 8.69. The van der Waals surface area contributed by atoms with Crippen molar-refractivity contribution in [3.05, 3.63) is 12.7 Å². The van der Waals surface area contributed by atoms with Crippen molar-refractivity contribution in [1.29, 1.82) is 0 Å². The van der Waals surface area contributed by atoms with Gasteiger partial charge in [0.15, 0.2) is 5.78 Å². The van der Waals surface area contributed by atoms with Gasteiger partial charge >= 0.3 is 0 Å². The molecule has 0 radical (unpaired) electrons. The molecule has 1 saturated carbocycles. The fourth-order valence-corrected chi connectivity index (χ4v) is 4.04. The van der Waals surface area contributed by atoms with Gasteiger partial charge in [0.2, 0.25) is 0 Å². The summed E-state index contributed by atoms with van der Waals surface area (Å²) in [4.78, 5) is 15.4. The van der Waals surface area contributed by atoms with Gasteiger partial charge in [-0.3, -0.25) is 9.69 Å². The summed E-state index contributed by atoms with van der Waals surface area (Å²) < 4.78 is 0. The van der Waals surface area contributed by atoms with Crippen molar-refractivity contribution in [3.63, 3.8) is 0 Å². The second-order valence-electron chi connectivity index (χ2n) is 6.60. The SMILES string of the molecule is C=CCCCCCC(=O)C1(N2CCCCC2)CCCC1. The van der Waals surface area contributed by atoms with Gasteiger partial charge in [0.25, 0.3) is 0 Å². The molecule has 1 heterocycles. The molecule has 1 aliphatic heterocycles. The molecule has 1 saturated heterocycles. The van der Waals surface area contributed by atoms with E-state index in [0.29, 0.717) is 5.78 Å². The van der Waals surface area contributed by atoms with Gasteiger partial charge in [0.1, 0.15) is 0 Å². The summed E-state index contributed by atoms with van der Waals surface area (Å²) in [5, 5.41) is 0. The highest BCUT2D eigenvalue weighted by atomic mass is 16.1. The van der Waals surface area contributed by atoms with Crippen LogP contribution in [-0.4, -0.2) is 29.3 Å². The molecular formula is C18H31NO. The predicted molar refractivity (Wildman–Crippen MR) is 84.9 cm³/mol. The molecule has 0 atom stereocenters. The molecular weight excluding hydrogens is 246 g/mol. The van der Waals surface area contributed by atoms with Crippen LogP contribution in [0.25, 0.3) is 0 Å². The monoisotopic (exact) mass is 277 g/mol. The number of allylic oxidation sites excluding steroid dienone is 1. The smallest absolute Gasteiger partial charge is 0.153 e. The first kappa shape index (κ1) is 15.8. The van der Waals surface area contributed by atoms with E-state index in [4.69, 9.17) is 0 Å². The average Bonchev–Trinajstić information content (AvgIpc) is 2.99. The number of likely N-dealkylation sites (tertiary alicyclic amines) is 1. The Kier molecular flexibility index (Phi) is 6.28. The number of hydrogen-bond donors (Lipinski definition) is 0. The fourth-order valence-electron chi connectivity index (χ4n) is 4.04. The molecule has 2 heteroatoms. The summed E-state index contributed by atoms with van der Waals surface area (Å²) in [5.41, 5.74) is -0.0567. The quantitative estimate of drug-likeness (QED) is 0.481. The van der Waals surface area contributed by atoms with Crippen LogP contribution in [-0.2, 0) is 4.79 Å². The van der Waals surface area contributed by atoms with E-state index >= 15 is 0 Å². The summed E-state index contributed by atoms with van der Waals surface area (Å²) >= 11 is 0. The van der Waals surface area contributed by atoms with Gasteiger partial charge < -0.3 is 0 Å². The maximum Gasteiger partial charge on any atom is 0.153 e. The van der Waals surface area contributed by atoms with E-state index in [0.717, 1.165) is 45.2 Å². The highest BCUT2D eigenvalue weighted by molar-refractivity contribution is 5.88. The van der Waals surface area contributed by atoms with Gasteiger partial charge in [0, 0.05) is 6.42 Å². The normalized spacial score (nSPS) is 22.8. The molecule has 2 aliphatic rings. The van der Waals surface area contributed by atoms with Crippen LogP contribution in [0.15, 0.2) is 12.7 Å². The number of carbonyl (C=O) groups excluding carboxylic acids is 1. The fraction of sp³-hybridized carbons (Fsp3) is 0.833. The minimum atomic E-state index is -0.0567. The Bertz CT molecular complexity index is 311. The number of rotatable bonds is 8. The number of carbonyl (C=O) groups is 1. The van der Waals surface area contributed by atoms with Crippen molar-refractivity contribution in [2.45, 2.75) is 82.6 Å². The van der Waals surface area contributed by atoms with Crippen LogP contribution in [0.3, 0.4) is 0 Å². The van der Waals surface area contributed by atoms with Crippen LogP contribution in [0.1, 0.15) is 77.0 Å². The largest absolute Gasteiger partial charge is 0.298 e. The molecule has 114 valence electrons. The summed E-state index contributed by atoms with van der Waals surface area (Å²) in [6.45, 7) is 6.06. The Morgan fingerprint density at radius 3 is 2.35 bits per heavy atom. The third-order valence-electron chi connectivity index (χ3n) is 5.22. The zero-order chi connectivity index (χ0) is 14.3. The zero-order valence-corrected chi connectivity index (χ0v) is 13.0. The molecule has 0 aromatic carbocycles. The highest BCUT2D eigenvalue weighted by Gasteiger charge is 2.45. The summed E-state index contributed by atoms with van der Waals surface area (Å²) in [7, 11) is 0. The maximum absolute atomic E-state index is 12.8. The zero-order valence-electron chi connectivity index (χ0n) is 13.0. The Balaban J connectivity index is 1.86. The summed E-state index contributed by atoms with van der Waals surface area (Å²) in [6.07, 6.45) is 16.0. The van der Waals surface area contributed by atoms with E-state index in [-0.39, 0.29) is 5.54 Å². The average molecular weight is 277 g/mol. The van der Waals surface area contributed by atoms with Crippen molar-refractivity contribution in [2.75, 3.05) is 13.1 Å². The van der Waals surface area contributed by atoms with Gasteiger partial charge in [-0.25, -0.2) is 0 Å². The standard InChI is InChI=1S/C18H31NO/c1-2-3-4-5-7-12-17(20)18(13-8-9-14-18)19-15-10-6-11-16-19/h2H,1,3-16H2. The van der Waals surface area contributed by atoms with Crippen LogP contribution >= 0.6 is 0 Å². The van der Waals surface area contributed by atoms with Crippen LogP contribution in [0.4, 0.5) is 0 Å². The molecule has 0 N–H and O–H groups in total. The Labute approximate surface area is 124 Å². The lowest BCUT2D eigenvalue weighted by Gasteiger charge is -2.42. The van der Waals surface area contributed by atoms with E-state index in [2.05, 4.69) is 11.5 Å². The van der Waals surface area contributed by atoms with E-state index in [1.54, 1.807) is 0 Å². The molecule has 0 spiro atoms. The molecule has 2 nitrogen and oxygen atoms in total. The van der Waals surface area contributed by atoms with E-state index < -0.39 is 0 Å². The lowest BCUT2D eigenvalue weighted by molar-refractivity contribution is -0.132. The van der Waals surface area contributed by atoms with Crippen molar-refractivity contribution < 1.29 is 4.79 Å². The molecule has 0 aromatic rings. The van der Waals surface area contributed by atoms with Crippen LogP contribution in [0.2, 0.25) is 0 Å². The Morgan fingerprint density at radius 1 is 1.00 bits per heavy atom. The second-order valence-corrected chi connectivity index (χ2v) is 6.60. The summed E-state index contributed by atoms with van der Waals surface area (Å²) in [5.74, 6) is 0.551. The lowest BCUT2D eigenvalue weighted by atomic mass is 9.85. The third-order valence-corrected chi connectivity index (χ3v) is 5.22. The van der Waals surface area contributed by atoms with E-state index in [9.17, 15) is 4.79 Å². The molecule has 2 fully saturated rings. The number of ketones is 1. The number of Topliss-reactive ketones (excluding diaryl/α,β-unsaturated/α-hetero) is 1. The third kappa shape index (κ3) is 3.72. The molecule has 0 unspecified atom stereocenters. The number of unbranched alkanes of at least 4 members (excludes halogenated alkanes) is 3. The first-order valence-electron chi connectivity index (χ1n) is 8.69. The van der Waals surface area contributed by atoms with Gasteiger partial charge in [-0.2, -0.15) is 0 Å². The van der Waals surface area contributed by atoms with Gasteiger partial charge in [-0.05, 0) is 58.0 Å². The van der Waals surface area contributed by atoms with Crippen LogP contribution in [0, 0.1) is 0 Å². The van der Waals surface area contributed by atoms with E-state index in [1.165, 1.54) is 44.9 Å². The topological polar surface area (TPSA) is 20.3 Å². The summed E-state index contributed by atoms with van der Waals surface area (Å²) in [6, 6.07) is 0. The molecule has 0 amide bonds. The number of nitrogens with zero attached hydrogens (tertiary/aromatic N) is 1. The maximum atomic E-state index is 12.8. The second kappa shape index (κ2) is 7.97. The molecule has 20 heavy (non-hydrogen) atoms. The minimum absolute atomic E-state index is 0.0567. The molecule has 2 rings (SSSR count). The first-order chi connectivity index (χ1) is 9.79. The number of hydrogen-bond acceptors (Lipinski definition) is 2. The van der Waals surface area contributed by atoms with Crippen LogP contribution < -0.4 is 0 Å². The van der Waals surface area contributed by atoms with Gasteiger partial charge in [0.05, 0.1) is 5.54 Å². The minimum Gasteiger partial charge on any atom is -0.298 e. The van der Waals surface area contributed by atoms with Crippen LogP contribution in [0.5, 0.6) is 0 Å². The van der Waals surface area contributed by atoms with Gasteiger partial charge in [-0.1, -0.05) is 31.8 Å².